The van der Waals surface area contributed by atoms with Crippen LogP contribution in [0.15, 0.2) is 27.4 Å². The zero-order valence-corrected chi connectivity index (χ0v) is 13.6. The van der Waals surface area contributed by atoms with E-state index in [2.05, 4.69) is 0 Å². The quantitative estimate of drug-likeness (QED) is 0.735. The number of aromatic hydroxyl groups is 1. The smallest absolute Gasteiger partial charge is 0.208 e. The highest BCUT2D eigenvalue weighted by Crippen LogP contribution is 2.43. The summed E-state index contributed by atoms with van der Waals surface area (Å²) in [5, 5.41) is 10.7. The SMILES string of the molecule is COc1cc(OC)c2c(=O)c3cc(OC)c(O)c(OC)c3oc2c1. The monoisotopic (exact) mass is 332 g/mol. The van der Waals surface area contributed by atoms with Crippen LogP contribution < -0.4 is 24.4 Å². The predicted molar refractivity (Wildman–Crippen MR) is 87.9 cm³/mol. The lowest BCUT2D eigenvalue weighted by Crippen LogP contribution is -2.06. The predicted octanol–water partition coefficient (Wildman–Crippen LogP) is 2.69. The molecule has 0 saturated heterocycles. The number of phenols is 1. The lowest BCUT2D eigenvalue weighted by atomic mass is 10.1. The van der Waals surface area contributed by atoms with Gasteiger partial charge in [-0.25, -0.2) is 0 Å². The van der Waals surface area contributed by atoms with Gasteiger partial charge in [0.05, 0.1) is 33.8 Å². The van der Waals surface area contributed by atoms with Crippen molar-refractivity contribution in [3.05, 3.63) is 28.4 Å². The molecule has 126 valence electrons. The number of fused-ring (bicyclic) bond motifs is 2. The van der Waals surface area contributed by atoms with Crippen molar-refractivity contribution in [3.63, 3.8) is 0 Å². The van der Waals surface area contributed by atoms with Gasteiger partial charge in [-0.2, -0.15) is 0 Å². The maximum Gasteiger partial charge on any atom is 0.208 e. The second-order valence-electron chi connectivity index (χ2n) is 4.97. The van der Waals surface area contributed by atoms with Crippen LogP contribution in [-0.4, -0.2) is 33.5 Å². The maximum atomic E-state index is 12.9. The third kappa shape index (κ3) is 2.17. The van der Waals surface area contributed by atoms with Gasteiger partial charge < -0.3 is 28.5 Å². The van der Waals surface area contributed by atoms with Gasteiger partial charge in [0, 0.05) is 12.1 Å². The van der Waals surface area contributed by atoms with Crippen molar-refractivity contribution in [3.8, 4) is 28.7 Å². The Bertz CT molecular complexity index is 988. The van der Waals surface area contributed by atoms with Crippen LogP contribution in [0.25, 0.3) is 21.9 Å². The van der Waals surface area contributed by atoms with Crippen molar-refractivity contribution in [1.82, 2.24) is 0 Å². The summed E-state index contributed by atoms with van der Waals surface area (Å²) in [5.74, 6) is 0.679. The molecular weight excluding hydrogens is 316 g/mol. The highest BCUT2D eigenvalue weighted by molar-refractivity contribution is 5.97. The molecule has 0 radical (unpaired) electrons. The first kappa shape index (κ1) is 15.8. The second-order valence-corrected chi connectivity index (χ2v) is 4.97. The minimum Gasteiger partial charge on any atom is -0.502 e. The first-order valence-electron chi connectivity index (χ1n) is 7.02. The second kappa shape index (κ2) is 5.84. The van der Waals surface area contributed by atoms with Gasteiger partial charge in [0.15, 0.2) is 11.3 Å². The third-order valence-electron chi connectivity index (χ3n) is 3.78. The number of hydrogen-bond donors (Lipinski definition) is 1. The largest absolute Gasteiger partial charge is 0.502 e. The normalized spacial score (nSPS) is 10.8. The van der Waals surface area contributed by atoms with Gasteiger partial charge in [-0.15, -0.1) is 0 Å². The number of methoxy groups -OCH3 is 4. The summed E-state index contributed by atoms with van der Waals surface area (Å²) in [5.41, 5.74) is 0.0394. The minimum atomic E-state index is -0.331. The van der Waals surface area contributed by atoms with Crippen LogP contribution in [-0.2, 0) is 0 Å². The highest BCUT2D eigenvalue weighted by Gasteiger charge is 2.22. The number of hydrogen-bond acceptors (Lipinski definition) is 7. The third-order valence-corrected chi connectivity index (χ3v) is 3.78. The topological polar surface area (TPSA) is 87.4 Å². The molecule has 1 aromatic heterocycles. The van der Waals surface area contributed by atoms with E-state index in [1.54, 1.807) is 12.1 Å². The lowest BCUT2D eigenvalue weighted by Gasteiger charge is -2.13. The van der Waals surface area contributed by atoms with Crippen LogP contribution in [0.3, 0.4) is 0 Å². The summed E-state index contributed by atoms with van der Waals surface area (Å²) >= 11 is 0. The summed E-state index contributed by atoms with van der Waals surface area (Å²) in [6.45, 7) is 0. The molecule has 2 aromatic carbocycles. The van der Waals surface area contributed by atoms with Crippen LogP contribution in [0.4, 0.5) is 0 Å². The molecule has 0 aliphatic rings. The Morgan fingerprint density at radius 3 is 2.21 bits per heavy atom. The number of ether oxygens (including phenoxy) is 4. The molecule has 0 aliphatic heterocycles. The number of rotatable bonds is 4. The molecular formula is C17H16O7. The van der Waals surface area contributed by atoms with Crippen molar-refractivity contribution in [2.75, 3.05) is 28.4 Å². The van der Waals surface area contributed by atoms with Crippen LogP contribution in [0.2, 0.25) is 0 Å². The van der Waals surface area contributed by atoms with Gasteiger partial charge >= 0.3 is 0 Å². The fourth-order valence-corrected chi connectivity index (χ4v) is 2.62. The van der Waals surface area contributed by atoms with E-state index >= 15 is 0 Å². The number of phenolic OH excluding ortho intramolecular Hbond substituents is 1. The molecule has 0 saturated carbocycles. The average molecular weight is 332 g/mol. The van der Waals surface area contributed by atoms with Crippen LogP contribution >= 0.6 is 0 Å². The summed E-state index contributed by atoms with van der Waals surface area (Å²) in [6, 6.07) is 4.57. The minimum absolute atomic E-state index is 0.0186. The van der Waals surface area contributed by atoms with Gasteiger partial charge in [0.25, 0.3) is 0 Å². The molecule has 3 rings (SSSR count). The van der Waals surface area contributed by atoms with Crippen LogP contribution in [0.1, 0.15) is 0 Å². The molecule has 0 unspecified atom stereocenters. The van der Waals surface area contributed by atoms with Crippen molar-refractivity contribution >= 4 is 21.9 Å². The van der Waals surface area contributed by atoms with Gasteiger partial charge in [-0.1, -0.05) is 0 Å². The summed E-state index contributed by atoms with van der Waals surface area (Å²) in [4.78, 5) is 12.9. The molecule has 0 atom stereocenters. The van der Waals surface area contributed by atoms with Gasteiger partial charge in [-0.05, 0) is 6.07 Å². The van der Waals surface area contributed by atoms with E-state index in [1.807, 2.05) is 0 Å². The summed E-state index contributed by atoms with van der Waals surface area (Å²) in [6.07, 6.45) is 0. The zero-order chi connectivity index (χ0) is 17.4. The molecule has 0 spiro atoms. The molecule has 0 fully saturated rings. The van der Waals surface area contributed by atoms with E-state index in [0.717, 1.165) is 0 Å². The number of benzene rings is 2. The van der Waals surface area contributed by atoms with E-state index < -0.39 is 0 Å². The Labute approximate surface area is 136 Å². The fourth-order valence-electron chi connectivity index (χ4n) is 2.62. The Morgan fingerprint density at radius 1 is 0.917 bits per heavy atom. The van der Waals surface area contributed by atoms with Crippen LogP contribution in [0.5, 0.6) is 28.7 Å². The Kier molecular flexibility index (Phi) is 3.84. The average Bonchev–Trinajstić information content (AvgIpc) is 2.60. The van der Waals surface area contributed by atoms with Crippen molar-refractivity contribution in [2.24, 2.45) is 0 Å². The van der Waals surface area contributed by atoms with Crippen molar-refractivity contribution in [1.29, 1.82) is 0 Å². The molecule has 24 heavy (non-hydrogen) atoms. The lowest BCUT2D eigenvalue weighted by molar-refractivity contribution is 0.339. The maximum absolute atomic E-state index is 12.9. The Balaban J connectivity index is 2.56. The fraction of sp³-hybridized carbons (Fsp3) is 0.235. The molecule has 7 nitrogen and oxygen atoms in total. The Morgan fingerprint density at radius 2 is 1.62 bits per heavy atom. The van der Waals surface area contributed by atoms with Crippen molar-refractivity contribution < 1.29 is 28.5 Å². The van der Waals surface area contributed by atoms with Crippen molar-refractivity contribution in [2.45, 2.75) is 0 Å². The van der Waals surface area contributed by atoms with E-state index in [0.29, 0.717) is 11.5 Å². The van der Waals surface area contributed by atoms with E-state index in [-0.39, 0.29) is 44.6 Å². The van der Waals surface area contributed by atoms with Gasteiger partial charge in [-0.3, -0.25) is 4.79 Å². The Hall–Kier alpha value is -3.09. The highest BCUT2D eigenvalue weighted by atomic mass is 16.5. The van der Waals surface area contributed by atoms with Gasteiger partial charge in [0.1, 0.15) is 22.5 Å². The van der Waals surface area contributed by atoms with Gasteiger partial charge in [0.2, 0.25) is 16.9 Å². The first-order chi connectivity index (χ1) is 11.5. The molecule has 7 heteroatoms. The van der Waals surface area contributed by atoms with Crippen LogP contribution in [0, 0.1) is 0 Å². The summed E-state index contributed by atoms with van der Waals surface area (Å²) in [7, 11) is 5.70. The first-order valence-corrected chi connectivity index (χ1v) is 7.02. The molecule has 3 aromatic rings. The summed E-state index contributed by atoms with van der Waals surface area (Å²) < 4.78 is 26.6. The standard InChI is InChI=1S/C17H16O7/c1-20-8-5-10(21-2)13-11(6-8)24-16-9(14(13)18)7-12(22-3)15(19)17(16)23-4/h5-7,19H,1-4H3. The molecule has 0 aliphatic carbocycles. The van der Waals surface area contributed by atoms with E-state index in [4.69, 9.17) is 23.4 Å². The van der Waals surface area contributed by atoms with E-state index in [9.17, 15) is 9.90 Å². The molecule has 1 N–H and O–H groups in total. The zero-order valence-electron chi connectivity index (χ0n) is 13.6. The molecule has 1 heterocycles. The molecule has 0 bridgehead atoms. The molecule has 0 amide bonds. The van der Waals surface area contributed by atoms with E-state index in [1.165, 1.54) is 34.5 Å².